The van der Waals surface area contributed by atoms with Crippen LogP contribution < -0.4 is 5.43 Å². The molecule has 0 spiro atoms. The molecule has 19 heteroatoms. The highest BCUT2D eigenvalue weighted by molar-refractivity contribution is 5.92. The number of fused-ring (bicyclic) bond motifs is 1. The van der Waals surface area contributed by atoms with E-state index in [0.717, 1.165) is 5.56 Å². The number of nitrogens with zero attached hydrogens (tertiary/aromatic N) is 3. The average Bonchev–Trinajstić information content (AvgIpc) is 3.32. The van der Waals surface area contributed by atoms with Gasteiger partial charge in [0.2, 0.25) is 5.43 Å². The monoisotopic (exact) mass is 1040 g/mol. The molecule has 3 aliphatic rings. The maximum atomic E-state index is 14.6. The molecule has 3 saturated heterocycles. The number of carboxylic acids is 1. The third-order valence-corrected chi connectivity index (χ3v) is 15.9. The predicted molar refractivity (Wildman–Crippen MR) is 273 cm³/mol. The summed E-state index contributed by atoms with van der Waals surface area (Å²) in [7, 11) is 8.90. The third kappa shape index (κ3) is 14.3. The van der Waals surface area contributed by atoms with Gasteiger partial charge in [-0.25, -0.2) is 4.79 Å². The first-order chi connectivity index (χ1) is 34.1. The van der Waals surface area contributed by atoms with Crippen LogP contribution in [0.25, 0.3) is 10.9 Å². The number of aromatic carboxylic acids is 1. The summed E-state index contributed by atoms with van der Waals surface area (Å²) in [5, 5.41) is 57.9. The summed E-state index contributed by atoms with van der Waals surface area (Å²) in [6, 6.07) is 4.61. The van der Waals surface area contributed by atoms with Crippen LogP contribution in [0.5, 0.6) is 0 Å². The normalized spacial score (nSPS) is 38.7. The van der Waals surface area contributed by atoms with Crippen molar-refractivity contribution in [2.24, 2.45) is 24.8 Å². The van der Waals surface area contributed by atoms with Crippen LogP contribution in [0, 0.1) is 17.8 Å². The quantitative estimate of drug-likeness (QED) is 0.117. The molecule has 0 aliphatic carbocycles. The minimum Gasteiger partial charge on any atom is -0.477 e. The first-order valence-corrected chi connectivity index (χ1v) is 26.2. The summed E-state index contributed by atoms with van der Waals surface area (Å²) < 4.78 is 53.0. The van der Waals surface area contributed by atoms with Crippen molar-refractivity contribution in [1.82, 2.24) is 14.4 Å². The standard InChI is InChI=1S/C54H89N3O16/c1-16-41-54(10,65)46(60)34(6)56(13)28-30(2)26-52(8,64)47(73-51-44(59)40(55(11)12)24-31(3)69-51)32(4)45(33(5)50(63)71-41)72-42-27-53(9,66-15)48(35(7)70-42)68-23-22-67-21-17-18-36-19-20-39-37(25-36)43(58)38(49(61)62)29-57(39)14/h19-20,25,29-35,40-42,44-48,51,59-60,64-65H,16-18,21-24,26-28H2,1-15H3,(H,61,62)/t30-,31-,32+,33-,34-,35+,40+,41-,42+,44-,45+,46-,47-,48+,51+,52-,53-,54-/m1/s1. The van der Waals surface area contributed by atoms with Crippen LogP contribution in [0.1, 0.15) is 117 Å². The van der Waals surface area contributed by atoms with Crippen LogP contribution in [-0.2, 0) is 56.2 Å². The van der Waals surface area contributed by atoms with Crippen LogP contribution in [0.15, 0.2) is 29.2 Å². The fraction of sp³-hybridized carbons (Fsp3) is 0.796. The second kappa shape index (κ2) is 25.3. The summed E-state index contributed by atoms with van der Waals surface area (Å²) in [4.78, 5) is 42.9. The Kier molecular flexibility index (Phi) is 21.1. The third-order valence-electron chi connectivity index (χ3n) is 15.9. The van der Waals surface area contributed by atoms with Gasteiger partial charge >= 0.3 is 11.9 Å². The molecule has 73 heavy (non-hydrogen) atoms. The molecule has 3 aliphatic heterocycles. The SMILES string of the molecule is CC[C@H]1OC(=O)[C@H](C)[C@@H](O[C@H]2C[C@@](C)(OC)[C@@H](OCCOCCCc3ccc4c(c3)c(=O)c(C(=O)O)cn4C)[C@H](C)O2)[C@H](C)[C@@H](O[C@@H]2O[C@H](C)C[C@H](N(C)C)[C@H]2O)[C@](C)(O)C[C@@H](C)CN(C)[C@H](C)[C@@H](O)[C@]1(C)O. The van der Waals surface area contributed by atoms with Crippen LogP contribution in [0.2, 0.25) is 0 Å². The molecule has 5 rings (SSSR count). The maximum absolute atomic E-state index is 14.6. The van der Waals surface area contributed by atoms with Gasteiger partial charge < -0.3 is 77.8 Å². The number of carboxylic acid groups (broad SMARTS) is 1. The molecule has 1 aromatic heterocycles. The smallest absolute Gasteiger partial charge is 0.341 e. The molecule has 0 radical (unpaired) electrons. The number of carbonyl (C=O) groups excluding carboxylic acids is 1. The second-order valence-corrected chi connectivity index (χ2v) is 22.4. The van der Waals surface area contributed by atoms with E-state index in [2.05, 4.69) is 0 Å². The van der Waals surface area contributed by atoms with E-state index in [1.165, 1.54) is 13.1 Å². The fourth-order valence-corrected chi connectivity index (χ4v) is 11.6. The van der Waals surface area contributed by atoms with Gasteiger partial charge in [-0.05, 0) is 125 Å². The Morgan fingerprint density at radius 2 is 1.62 bits per heavy atom. The molecule has 0 amide bonds. The number of hydrogen-bond acceptors (Lipinski definition) is 17. The van der Waals surface area contributed by atoms with Crippen molar-refractivity contribution >= 4 is 22.8 Å². The van der Waals surface area contributed by atoms with Gasteiger partial charge in [-0.2, -0.15) is 0 Å². The first-order valence-electron chi connectivity index (χ1n) is 26.2. The molecule has 2 aromatic rings. The molecule has 0 bridgehead atoms. The molecular formula is C54H89N3O16. The Hall–Kier alpha value is -3.15. The Labute approximate surface area is 432 Å². The average molecular weight is 1040 g/mol. The van der Waals surface area contributed by atoms with Crippen LogP contribution in [-0.4, -0.2) is 197 Å². The van der Waals surface area contributed by atoms with Crippen molar-refractivity contribution in [3.8, 4) is 0 Å². The van der Waals surface area contributed by atoms with E-state index in [9.17, 15) is 39.9 Å². The zero-order chi connectivity index (χ0) is 54.5. The van der Waals surface area contributed by atoms with Crippen molar-refractivity contribution in [3.05, 3.63) is 45.7 Å². The number of esters is 1. The minimum absolute atomic E-state index is 0.168. The molecule has 5 N–H and O–H groups in total. The van der Waals surface area contributed by atoms with Gasteiger partial charge in [0, 0.05) is 63.3 Å². The lowest BCUT2D eigenvalue weighted by molar-refractivity contribution is -0.321. The number of aliphatic hydroxyl groups is 4. The fourth-order valence-electron chi connectivity index (χ4n) is 11.6. The Balaban J connectivity index is 1.35. The maximum Gasteiger partial charge on any atom is 0.341 e. The zero-order valence-corrected chi connectivity index (χ0v) is 46.1. The van der Waals surface area contributed by atoms with Crippen molar-refractivity contribution in [3.63, 3.8) is 0 Å². The number of pyridine rings is 1. The van der Waals surface area contributed by atoms with Gasteiger partial charge in [-0.1, -0.05) is 26.8 Å². The molecular weight excluding hydrogens is 947 g/mol. The van der Waals surface area contributed by atoms with Crippen molar-refractivity contribution < 1.29 is 73.0 Å². The molecule has 1 aromatic carbocycles. The van der Waals surface area contributed by atoms with Crippen LogP contribution in [0.4, 0.5) is 0 Å². The summed E-state index contributed by atoms with van der Waals surface area (Å²) in [6.07, 6.45) is -5.48. The van der Waals surface area contributed by atoms with Gasteiger partial charge in [0.15, 0.2) is 12.6 Å². The summed E-state index contributed by atoms with van der Waals surface area (Å²) in [6.45, 7) is 19.2. The van der Waals surface area contributed by atoms with Crippen LogP contribution in [0.3, 0.4) is 0 Å². The van der Waals surface area contributed by atoms with Gasteiger partial charge in [0.25, 0.3) is 0 Å². The predicted octanol–water partition coefficient (Wildman–Crippen LogP) is 4.12. The number of carbonyl (C=O) groups is 2. The Morgan fingerprint density at radius 1 is 0.932 bits per heavy atom. The van der Waals surface area contributed by atoms with E-state index in [1.807, 2.05) is 77.7 Å². The van der Waals surface area contributed by atoms with Crippen molar-refractivity contribution in [2.45, 2.75) is 198 Å². The highest BCUT2D eigenvalue weighted by Crippen LogP contribution is 2.41. The largest absolute Gasteiger partial charge is 0.477 e. The number of ether oxygens (including phenoxy) is 8. The van der Waals surface area contributed by atoms with E-state index in [1.54, 1.807) is 52.5 Å². The minimum atomic E-state index is -1.84. The van der Waals surface area contributed by atoms with Crippen LogP contribution >= 0.6 is 0 Å². The number of benzene rings is 1. The van der Waals surface area contributed by atoms with E-state index in [4.69, 9.17) is 37.9 Å². The van der Waals surface area contributed by atoms with Crippen molar-refractivity contribution in [2.75, 3.05) is 54.6 Å². The number of hydrogen-bond donors (Lipinski definition) is 5. The number of cyclic esters (lactones) is 1. The first kappa shape index (κ1) is 60.7. The summed E-state index contributed by atoms with van der Waals surface area (Å²) in [5.41, 5.74) is -3.65. The molecule has 4 heterocycles. The highest BCUT2D eigenvalue weighted by Gasteiger charge is 2.53. The molecule has 19 nitrogen and oxygen atoms in total. The number of methoxy groups -OCH3 is 1. The summed E-state index contributed by atoms with van der Waals surface area (Å²) >= 11 is 0. The van der Waals surface area contributed by atoms with E-state index < -0.39 is 107 Å². The molecule has 0 saturated carbocycles. The number of aliphatic hydroxyl groups excluding tert-OH is 2. The molecule has 416 valence electrons. The molecule has 3 fully saturated rings. The number of likely N-dealkylation sites (N-methyl/N-ethyl adjacent to an activating group) is 2. The topological polar surface area (TPSA) is 238 Å². The van der Waals surface area contributed by atoms with E-state index in [0.29, 0.717) is 43.3 Å². The number of aryl methyl sites for hydroxylation is 2. The van der Waals surface area contributed by atoms with Gasteiger partial charge in [0.05, 0.1) is 60.3 Å². The second-order valence-electron chi connectivity index (χ2n) is 22.4. The number of rotatable bonds is 16. The molecule has 0 unspecified atom stereocenters. The Bertz CT molecular complexity index is 2190. The van der Waals surface area contributed by atoms with Gasteiger partial charge in [-0.15, -0.1) is 0 Å². The van der Waals surface area contributed by atoms with Crippen molar-refractivity contribution in [1.29, 1.82) is 0 Å². The lowest BCUT2D eigenvalue weighted by atomic mass is 9.77. The lowest BCUT2D eigenvalue weighted by Crippen LogP contribution is -2.61. The molecule has 18 atom stereocenters. The number of aromatic nitrogens is 1. The van der Waals surface area contributed by atoms with E-state index >= 15 is 0 Å². The van der Waals surface area contributed by atoms with E-state index in [-0.39, 0.29) is 56.1 Å². The Morgan fingerprint density at radius 3 is 2.25 bits per heavy atom. The van der Waals surface area contributed by atoms with Gasteiger partial charge in [-0.3, -0.25) is 9.59 Å². The summed E-state index contributed by atoms with van der Waals surface area (Å²) in [5.74, 6) is -3.99. The zero-order valence-electron chi connectivity index (χ0n) is 46.1. The van der Waals surface area contributed by atoms with Gasteiger partial charge in [0.1, 0.15) is 35.6 Å². The lowest BCUT2D eigenvalue weighted by Gasteiger charge is -2.49. The highest BCUT2D eigenvalue weighted by atomic mass is 16.7.